The van der Waals surface area contributed by atoms with Gasteiger partial charge in [0.15, 0.2) is 0 Å². The second-order valence-electron chi connectivity index (χ2n) is 9.89. The number of hydrogen-bond donors (Lipinski definition) is 2. The molecule has 0 radical (unpaired) electrons. The van der Waals surface area contributed by atoms with Crippen LogP contribution in [0.3, 0.4) is 0 Å². The summed E-state index contributed by atoms with van der Waals surface area (Å²) in [7, 11) is 0. The van der Waals surface area contributed by atoms with Crippen LogP contribution in [0.2, 0.25) is 5.02 Å². The van der Waals surface area contributed by atoms with Gasteiger partial charge < -0.3 is 10.0 Å². The molecule has 0 atom stereocenters. The molecule has 0 saturated carbocycles. The topological polar surface area (TPSA) is 102 Å². The SMILES string of the molecule is O=C(O)CCC#Cc1cccc(C(=O)N(C(=O)NN=Cc2ccc(Cl)c(C(F)(F)F)c2)c2ccc(N3CCCCC3)cc2)c1. The zero-order valence-electron chi connectivity index (χ0n) is 23.4. The number of urea groups is 1. The number of alkyl halides is 3. The summed E-state index contributed by atoms with van der Waals surface area (Å²) < 4.78 is 39.7. The van der Waals surface area contributed by atoms with Gasteiger partial charge in [-0.25, -0.2) is 15.1 Å². The summed E-state index contributed by atoms with van der Waals surface area (Å²) in [5, 5.41) is 12.1. The molecule has 0 aliphatic carbocycles. The Morgan fingerprint density at radius 3 is 2.43 bits per heavy atom. The fraction of sp³-hybridized carbons (Fsp3) is 0.250. The van der Waals surface area contributed by atoms with E-state index in [1.807, 2.05) is 12.1 Å². The third kappa shape index (κ3) is 8.61. The first-order chi connectivity index (χ1) is 21.0. The van der Waals surface area contributed by atoms with E-state index in [4.69, 9.17) is 16.7 Å². The number of halogens is 4. The standard InChI is InChI=1S/C32H28ClF3N4O4/c33-28-16-11-23(20-27(28)32(34,35)36)21-37-38-31(44)40(26-14-12-25(13-15-26)39-17-4-1-5-18-39)30(43)24-9-6-8-22(19-24)7-2-3-10-29(41)42/h6,8-9,11-16,19-21H,1,3-5,10,17-18H2,(H,38,44)(H,41,42). The molecule has 0 spiro atoms. The van der Waals surface area contributed by atoms with E-state index in [1.54, 1.807) is 24.3 Å². The van der Waals surface area contributed by atoms with Gasteiger partial charge in [0, 0.05) is 36.3 Å². The van der Waals surface area contributed by atoms with Crippen molar-refractivity contribution in [3.05, 3.63) is 94.0 Å². The summed E-state index contributed by atoms with van der Waals surface area (Å²) in [5.74, 6) is 3.88. The maximum Gasteiger partial charge on any atom is 0.417 e. The molecule has 0 aromatic heterocycles. The zero-order valence-corrected chi connectivity index (χ0v) is 24.2. The quantitative estimate of drug-likeness (QED) is 0.168. The van der Waals surface area contributed by atoms with Crippen molar-refractivity contribution in [3.63, 3.8) is 0 Å². The number of anilines is 2. The van der Waals surface area contributed by atoms with E-state index in [0.717, 1.165) is 61.3 Å². The predicted octanol–water partition coefficient (Wildman–Crippen LogP) is 6.96. The van der Waals surface area contributed by atoms with Gasteiger partial charge in [0.05, 0.1) is 28.9 Å². The van der Waals surface area contributed by atoms with Crippen LogP contribution in [0.5, 0.6) is 0 Å². The Morgan fingerprint density at radius 2 is 1.75 bits per heavy atom. The Hall–Kier alpha value is -4.82. The normalized spacial score (nSPS) is 13.2. The summed E-state index contributed by atoms with van der Waals surface area (Å²) in [6, 6.07) is 15.3. The molecule has 2 N–H and O–H groups in total. The van der Waals surface area contributed by atoms with Crippen LogP contribution in [0.4, 0.5) is 29.3 Å². The highest BCUT2D eigenvalue weighted by molar-refractivity contribution is 6.31. The zero-order chi connectivity index (χ0) is 31.7. The minimum absolute atomic E-state index is 0.0277. The molecule has 0 bridgehead atoms. The molecule has 44 heavy (non-hydrogen) atoms. The number of hydrazone groups is 1. The summed E-state index contributed by atoms with van der Waals surface area (Å²) in [4.78, 5) is 40.9. The predicted molar refractivity (Wildman–Crippen MR) is 162 cm³/mol. The van der Waals surface area contributed by atoms with Crippen LogP contribution in [-0.4, -0.2) is 42.3 Å². The van der Waals surface area contributed by atoms with Crippen molar-refractivity contribution in [2.45, 2.75) is 38.3 Å². The molecule has 3 aromatic rings. The van der Waals surface area contributed by atoms with Crippen molar-refractivity contribution in [1.82, 2.24) is 5.43 Å². The Kier molecular flexibility index (Phi) is 10.6. The molecule has 3 amide bonds. The first-order valence-corrected chi connectivity index (χ1v) is 14.1. The molecule has 3 aromatic carbocycles. The third-order valence-corrected chi connectivity index (χ3v) is 7.04. The van der Waals surface area contributed by atoms with Crippen LogP contribution in [0.1, 0.15) is 59.2 Å². The van der Waals surface area contributed by atoms with Crippen LogP contribution in [0.15, 0.2) is 71.8 Å². The van der Waals surface area contributed by atoms with Crippen LogP contribution in [-0.2, 0) is 11.0 Å². The molecule has 1 aliphatic heterocycles. The van der Waals surface area contributed by atoms with Crippen molar-refractivity contribution in [2.24, 2.45) is 5.10 Å². The number of rotatable bonds is 7. The average Bonchev–Trinajstić information content (AvgIpc) is 3.00. The smallest absolute Gasteiger partial charge is 0.417 e. The average molecular weight is 625 g/mol. The molecule has 8 nitrogen and oxygen atoms in total. The van der Waals surface area contributed by atoms with Crippen LogP contribution in [0.25, 0.3) is 0 Å². The number of piperidine rings is 1. The minimum atomic E-state index is -4.68. The lowest BCUT2D eigenvalue weighted by Crippen LogP contribution is -2.42. The van der Waals surface area contributed by atoms with Crippen molar-refractivity contribution >= 4 is 47.1 Å². The van der Waals surface area contributed by atoms with Gasteiger partial charge in [-0.1, -0.05) is 35.6 Å². The second kappa shape index (κ2) is 14.6. The highest BCUT2D eigenvalue weighted by atomic mass is 35.5. The number of aliphatic carboxylic acids is 1. The Morgan fingerprint density at radius 1 is 1.02 bits per heavy atom. The van der Waals surface area contributed by atoms with E-state index in [1.165, 1.54) is 18.2 Å². The number of nitrogens with one attached hydrogen (secondary N) is 1. The molecule has 1 fully saturated rings. The van der Waals surface area contributed by atoms with E-state index in [0.29, 0.717) is 5.56 Å². The van der Waals surface area contributed by atoms with Crippen LogP contribution < -0.4 is 15.2 Å². The molecule has 1 aliphatic rings. The molecule has 12 heteroatoms. The molecule has 0 unspecified atom stereocenters. The molecule has 228 valence electrons. The number of nitrogens with zero attached hydrogens (tertiary/aromatic N) is 3. The molecule has 4 rings (SSSR count). The van der Waals surface area contributed by atoms with Gasteiger partial charge in [-0.3, -0.25) is 9.59 Å². The number of hydrogen-bond acceptors (Lipinski definition) is 5. The summed E-state index contributed by atoms with van der Waals surface area (Å²) >= 11 is 5.67. The number of carbonyl (C=O) groups is 3. The fourth-order valence-electron chi connectivity index (χ4n) is 4.54. The van der Waals surface area contributed by atoms with E-state index in [-0.39, 0.29) is 29.7 Å². The maximum atomic E-state index is 13.7. The largest absolute Gasteiger partial charge is 0.481 e. The highest BCUT2D eigenvalue weighted by Crippen LogP contribution is 2.35. The van der Waals surface area contributed by atoms with Crippen molar-refractivity contribution in [3.8, 4) is 11.8 Å². The first-order valence-electron chi connectivity index (χ1n) is 13.7. The molecule has 1 saturated heterocycles. The van der Waals surface area contributed by atoms with Crippen molar-refractivity contribution in [2.75, 3.05) is 22.9 Å². The highest BCUT2D eigenvalue weighted by Gasteiger charge is 2.33. The minimum Gasteiger partial charge on any atom is -0.481 e. The van der Waals surface area contributed by atoms with Gasteiger partial charge in [0.1, 0.15) is 0 Å². The number of amides is 3. The summed E-state index contributed by atoms with van der Waals surface area (Å²) in [6.07, 6.45) is -0.362. The van der Waals surface area contributed by atoms with Crippen LogP contribution >= 0.6 is 11.6 Å². The lowest BCUT2D eigenvalue weighted by Gasteiger charge is -2.29. The van der Waals surface area contributed by atoms with E-state index >= 15 is 0 Å². The van der Waals surface area contributed by atoms with Gasteiger partial charge in [0.25, 0.3) is 5.91 Å². The molecular weight excluding hydrogens is 597 g/mol. The van der Waals surface area contributed by atoms with Gasteiger partial charge in [-0.2, -0.15) is 18.3 Å². The fourth-order valence-corrected chi connectivity index (χ4v) is 4.76. The first kappa shape index (κ1) is 32.1. The van der Waals surface area contributed by atoms with E-state index in [9.17, 15) is 27.6 Å². The maximum absolute atomic E-state index is 13.7. The van der Waals surface area contributed by atoms with Gasteiger partial charge in [-0.15, -0.1) is 0 Å². The lowest BCUT2D eigenvalue weighted by atomic mass is 10.1. The van der Waals surface area contributed by atoms with E-state index < -0.39 is 34.7 Å². The molecular formula is C32H28ClF3N4O4. The number of benzene rings is 3. The Balaban J connectivity index is 1.60. The third-order valence-electron chi connectivity index (χ3n) is 6.71. The monoisotopic (exact) mass is 624 g/mol. The van der Waals surface area contributed by atoms with Crippen LogP contribution in [0, 0.1) is 11.8 Å². The lowest BCUT2D eigenvalue weighted by molar-refractivity contribution is -0.138. The summed E-state index contributed by atoms with van der Waals surface area (Å²) in [5.41, 5.74) is 2.97. The Bertz CT molecular complexity index is 1610. The number of carboxylic acids is 1. The number of carbonyl (C=O) groups excluding carboxylic acids is 2. The molecule has 1 heterocycles. The van der Waals surface area contributed by atoms with E-state index in [2.05, 4.69) is 27.3 Å². The van der Waals surface area contributed by atoms with Crippen molar-refractivity contribution in [1.29, 1.82) is 0 Å². The summed E-state index contributed by atoms with van der Waals surface area (Å²) in [6.45, 7) is 1.80. The van der Waals surface area contributed by atoms with Gasteiger partial charge >= 0.3 is 18.2 Å². The number of imide groups is 1. The van der Waals surface area contributed by atoms with Gasteiger partial charge in [0.2, 0.25) is 0 Å². The Labute approximate surface area is 257 Å². The van der Waals surface area contributed by atoms with Gasteiger partial charge in [-0.05, 0) is 79.4 Å². The second-order valence-corrected chi connectivity index (χ2v) is 10.3. The number of carboxylic acid groups (broad SMARTS) is 1. The van der Waals surface area contributed by atoms with Crippen molar-refractivity contribution < 1.29 is 32.7 Å².